The Bertz CT molecular complexity index is 481. The maximum absolute atomic E-state index is 11.9. The molecule has 0 saturated carbocycles. The molecule has 2 N–H and O–H groups in total. The second-order valence-electron chi connectivity index (χ2n) is 4.51. The molecule has 100 valence electrons. The van der Waals surface area contributed by atoms with E-state index in [9.17, 15) is 8.42 Å². The molecule has 0 radical (unpaired) electrons. The van der Waals surface area contributed by atoms with Crippen LogP contribution in [0.4, 0.5) is 5.69 Å². The first-order chi connectivity index (χ1) is 8.55. The summed E-state index contributed by atoms with van der Waals surface area (Å²) in [4.78, 5) is 0. The third-order valence-corrected chi connectivity index (χ3v) is 4.59. The fourth-order valence-corrected chi connectivity index (χ4v) is 3.37. The Labute approximate surface area is 113 Å². The number of halogens is 1. The summed E-state index contributed by atoms with van der Waals surface area (Å²) in [6.45, 7) is 0.995. The van der Waals surface area contributed by atoms with Crippen molar-refractivity contribution in [1.82, 2.24) is 5.32 Å². The Morgan fingerprint density at radius 3 is 2.67 bits per heavy atom. The number of rotatable bonds is 5. The van der Waals surface area contributed by atoms with Gasteiger partial charge in [0.05, 0.1) is 5.75 Å². The quantitative estimate of drug-likeness (QED) is 0.873. The van der Waals surface area contributed by atoms with E-state index in [2.05, 4.69) is 10.0 Å². The van der Waals surface area contributed by atoms with Crippen molar-refractivity contribution in [2.24, 2.45) is 0 Å². The molecule has 1 aliphatic rings. The number of anilines is 1. The first-order valence-corrected chi connectivity index (χ1v) is 8.08. The van der Waals surface area contributed by atoms with Crippen molar-refractivity contribution in [3.8, 4) is 0 Å². The molecule has 6 heteroatoms. The molecule has 0 spiro atoms. The molecule has 1 aromatic carbocycles. The van der Waals surface area contributed by atoms with Gasteiger partial charge in [0.25, 0.3) is 0 Å². The van der Waals surface area contributed by atoms with Crippen molar-refractivity contribution in [3.63, 3.8) is 0 Å². The predicted molar refractivity (Wildman–Crippen MR) is 74.5 cm³/mol. The van der Waals surface area contributed by atoms with E-state index in [1.165, 1.54) is 0 Å². The molecule has 0 amide bonds. The molecule has 1 atom stereocenters. The van der Waals surface area contributed by atoms with Crippen LogP contribution in [0.1, 0.15) is 19.3 Å². The van der Waals surface area contributed by atoms with Crippen LogP contribution in [0.25, 0.3) is 0 Å². The zero-order chi connectivity index (χ0) is 13.0. The van der Waals surface area contributed by atoms with Gasteiger partial charge in [0.1, 0.15) is 0 Å². The van der Waals surface area contributed by atoms with Gasteiger partial charge >= 0.3 is 0 Å². The van der Waals surface area contributed by atoms with Crippen LogP contribution in [0.3, 0.4) is 0 Å². The smallest absolute Gasteiger partial charge is 0.232 e. The van der Waals surface area contributed by atoms with Crippen molar-refractivity contribution in [2.75, 3.05) is 17.0 Å². The lowest BCUT2D eigenvalue weighted by molar-refractivity contribution is 0.565. The molecule has 1 heterocycles. The van der Waals surface area contributed by atoms with E-state index in [0.29, 0.717) is 23.2 Å². The molecule has 1 unspecified atom stereocenters. The van der Waals surface area contributed by atoms with Gasteiger partial charge in [-0.15, -0.1) is 0 Å². The van der Waals surface area contributed by atoms with Crippen molar-refractivity contribution >= 4 is 27.3 Å². The van der Waals surface area contributed by atoms with Gasteiger partial charge in [0.15, 0.2) is 0 Å². The molecular weight excluding hydrogens is 272 g/mol. The zero-order valence-corrected chi connectivity index (χ0v) is 11.6. The first-order valence-electron chi connectivity index (χ1n) is 6.05. The van der Waals surface area contributed by atoms with Crippen LogP contribution in [0, 0.1) is 0 Å². The van der Waals surface area contributed by atoms with Crippen LogP contribution in [0.2, 0.25) is 5.02 Å². The lowest BCUT2D eigenvalue weighted by atomic mass is 10.2. The highest BCUT2D eigenvalue weighted by Crippen LogP contribution is 2.16. The number of sulfonamides is 1. The SMILES string of the molecule is O=S(=O)(CCC1CCCN1)Nc1ccc(Cl)cc1. The Kier molecular flexibility index (Phi) is 4.48. The van der Waals surface area contributed by atoms with E-state index < -0.39 is 10.0 Å². The monoisotopic (exact) mass is 288 g/mol. The number of hydrogen-bond acceptors (Lipinski definition) is 3. The van der Waals surface area contributed by atoms with Gasteiger partial charge in [0, 0.05) is 16.8 Å². The molecular formula is C12H17ClN2O2S. The Balaban J connectivity index is 1.88. The maximum Gasteiger partial charge on any atom is 0.232 e. The summed E-state index contributed by atoms with van der Waals surface area (Å²) in [5, 5.41) is 3.88. The predicted octanol–water partition coefficient (Wildman–Crippen LogP) is 2.22. The summed E-state index contributed by atoms with van der Waals surface area (Å²) < 4.78 is 26.3. The van der Waals surface area contributed by atoms with Crippen molar-refractivity contribution < 1.29 is 8.42 Å². The molecule has 0 aromatic heterocycles. The largest absolute Gasteiger partial charge is 0.314 e. The van der Waals surface area contributed by atoms with Crippen LogP contribution in [0.5, 0.6) is 0 Å². The van der Waals surface area contributed by atoms with Gasteiger partial charge in [-0.3, -0.25) is 4.72 Å². The Hall–Kier alpha value is -0.780. The Morgan fingerprint density at radius 2 is 2.06 bits per heavy atom. The van der Waals surface area contributed by atoms with Crippen LogP contribution in [0.15, 0.2) is 24.3 Å². The highest BCUT2D eigenvalue weighted by atomic mass is 35.5. The van der Waals surface area contributed by atoms with E-state index in [4.69, 9.17) is 11.6 Å². The van der Waals surface area contributed by atoms with E-state index in [0.717, 1.165) is 19.4 Å². The van der Waals surface area contributed by atoms with E-state index in [-0.39, 0.29) is 5.75 Å². The number of hydrogen-bond donors (Lipinski definition) is 2. The zero-order valence-electron chi connectivity index (χ0n) is 10.0. The van der Waals surface area contributed by atoms with Crippen LogP contribution in [-0.4, -0.2) is 26.8 Å². The van der Waals surface area contributed by atoms with Crippen LogP contribution >= 0.6 is 11.6 Å². The standard InChI is InChI=1S/C12H17ClN2O2S/c13-10-3-5-12(6-4-10)15-18(16,17)9-7-11-2-1-8-14-11/h3-6,11,14-15H,1-2,7-9H2. The second-order valence-corrected chi connectivity index (χ2v) is 6.79. The average molecular weight is 289 g/mol. The first kappa shape index (κ1) is 13.6. The van der Waals surface area contributed by atoms with E-state index >= 15 is 0 Å². The minimum atomic E-state index is -3.27. The lowest BCUT2D eigenvalue weighted by Crippen LogP contribution is -2.26. The minimum Gasteiger partial charge on any atom is -0.314 e. The number of nitrogens with one attached hydrogen (secondary N) is 2. The van der Waals surface area contributed by atoms with E-state index in [1.807, 2.05) is 0 Å². The topological polar surface area (TPSA) is 58.2 Å². The van der Waals surface area contributed by atoms with E-state index in [1.54, 1.807) is 24.3 Å². The molecule has 1 aromatic rings. The van der Waals surface area contributed by atoms with Crippen molar-refractivity contribution in [3.05, 3.63) is 29.3 Å². The highest BCUT2D eigenvalue weighted by Gasteiger charge is 2.18. The average Bonchev–Trinajstić information content (AvgIpc) is 2.83. The lowest BCUT2D eigenvalue weighted by Gasteiger charge is -2.11. The normalized spacial score (nSPS) is 19.9. The number of benzene rings is 1. The van der Waals surface area contributed by atoms with Crippen molar-refractivity contribution in [1.29, 1.82) is 0 Å². The molecule has 1 saturated heterocycles. The second kappa shape index (κ2) is 5.91. The summed E-state index contributed by atoms with van der Waals surface area (Å²) in [6, 6.07) is 6.99. The summed E-state index contributed by atoms with van der Waals surface area (Å²) in [5.41, 5.74) is 0.554. The van der Waals surface area contributed by atoms with Gasteiger partial charge in [-0.1, -0.05) is 11.6 Å². The van der Waals surface area contributed by atoms with Crippen LogP contribution in [-0.2, 0) is 10.0 Å². The van der Waals surface area contributed by atoms with Gasteiger partial charge in [-0.2, -0.15) is 0 Å². The molecule has 18 heavy (non-hydrogen) atoms. The van der Waals surface area contributed by atoms with Gasteiger partial charge in [-0.05, 0) is 50.1 Å². The molecule has 1 fully saturated rings. The summed E-state index contributed by atoms with van der Waals surface area (Å²) in [7, 11) is -3.27. The third kappa shape index (κ3) is 4.15. The summed E-state index contributed by atoms with van der Waals surface area (Å²) in [6.07, 6.45) is 2.86. The van der Waals surface area contributed by atoms with Gasteiger partial charge < -0.3 is 5.32 Å². The minimum absolute atomic E-state index is 0.146. The molecule has 4 nitrogen and oxygen atoms in total. The fraction of sp³-hybridized carbons (Fsp3) is 0.500. The third-order valence-electron chi connectivity index (χ3n) is 3.01. The highest BCUT2D eigenvalue weighted by molar-refractivity contribution is 7.92. The van der Waals surface area contributed by atoms with Gasteiger partial charge in [0.2, 0.25) is 10.0 Å². The fourth-order valence-electron chi connectivity index (χ4n) is 2.05. The molecule has 2 rings (SSSR count). The molecule has 1 aliphatic heterocycles. The van der Waals surface area contributed by atoms with Crippen LogP contribution < -0.4 is 10.0 Å². The summed E-state index contributed by atoms with van der Waals surface area (Å²) >= 11 is 5.74. The van der Waals surface area contributed by atoms with Crippen molar-refractivity contribution in [2.45, 2.75) is 25.3 Å². The summed E-state index contributed by atoms with van der Waals surface area (Å²) in [5.74, 6) is 0.146. The van der Waals surface area contributed by atoms with Gasteiger partial charge in [-0.25, -0.2) is 8.42 Å². The maximum atomic E-state index is 11.9. The molecule has 0 bridgehead atoms. The Morgan fingerprint density at radius 1 is 1.33 bits per heavy atom. The molecule has 0 aliphatic carbocycles.